The molecular formula is C10H18N4O. The summed E-state index contributed by atoms with van der Waals surface area (Å²) in [5.74, 6) is 0.349. The molecule has 1 heterocycles. The zero-order valence-electron chi connectivity index (χ0n) is 9.64. The van der Waals surface area contributed by atoms with Crippen molar-refractivity contribution in [3.05, 3.63) is 11.3 Å². The van der Waals surface area contributed by atoms with Crippen LogP contribution in [0, 0.1) is 13.8 Å². The van der Waals surface area contributed by atoms with Crippen molar-refractivity contribution in [2.24, 2.45) is 5.73 Å². The highest BCUT2D eigenvalue weighted by atomic mass is 16.2. The summed E-state index contributed by atoms with van der Waals surface area (Å²) >= 11 is 0. The van der Waals surface area contributed by atoms with Crippen molar-refractivity contribution in [3.63, 3.8) is 0 Å². The zero-order chi connectivity index (χ0) is 11.6. The van der Waals surface area contributed by atoms with Gasteiger partial charge in [-0.15, -0.1) is 0 Å². The smallest absolute Gasteiger partial charge is 0.245 e. The number of aryl methyl sites for hydroxylation is 1. The molecule has 1 aromatic rings. The van der Waals surface area contributed by atoms with E-state index in [-0.39, 0.29) is 5.91 Å². The van der Waals surface area contributed by atoms with Crippen LogP contribution in [0.5, 0.6) is 0 Å². The van der Waals surface area contributed by atoms with E-state index in [1.54, 1.807) is 6.92 Å². The van der Waals surface area contributed by atoms with E-state index in [1.807, 2.05) is 20.8 Å². The Morgan fingerprint density at radius 3 is 2.60 bits per heavy atom. The van der Waals surface area contributed by atoms with Crippen LogP contribution in [-0.2, 0) is 4.79 Å². The summed E-state index contributed by atoms with van der Waals surface area (Å²) in [7, 11) is 0. The number of nitrogens with two attached hydrogens (primary N) is 1. The molecule has 5 heteroatoms. The van der Waals surface area contributed by atoms with E-state index in [0.29, 0.717) is 12.2 Å². The molecule has 1 aromatic heterocycles. The number of amides is 1. The summed E-state index contributed by atoms with van der Waals surface area (Å²) in [5.41, 5.74) is 6.85. The topological polar surface area (TPSA) is 83.8 Å². The van der Waals surface area contributed by atoms with Crippen LogP contribution in [0.15, 0.2) is 0 Å². The van der Waals surface area contributed by atoms with Crippen LogP contribution in [-0.4, -0.2) is 21.6 Å². The maximum absolute atomic E-state index is 11.7. The van der Waals surface area contributed by atoms with Gasteiger partial charge in [0, 0.05) is 11.3 Å². The van der Waals surface area contributed by atoms with Gasteiger partial charge in [-0.05, 0) is 27.2 Å². The lowest BCUT2D eigenvalue weighted by molar-refractivity contribution is -0.120. The first-order chi connectivity index (χ1) is 6.88. The van der Waals surface area contributed by atoms with E-state index >= 15 is 0 Å². The number of carbonyl (C=O) groups excluding carboxylic acids is 1. The fraction of sp³-hybridized carbons (Fsp3) is 0.600. The minimum Gasteiger partial charge on any atom is -0.318 e. The summed E-state index contributed by atoms with van der Waals surface area (Å²) < 4.78 is 0. The molecule has 84 valence electrons. The standard InChI is InChI=1S/C10H18N4O/c1-5-10(4,11)9(15)12-8-6(2)7(3)13-14-8/h5,11H2,1-4H3,(H2,12,13,14,15). The van der Waals surface area contributed by atoms with E-state index < -0.39 is 5.54 Å². The molecule has 0 saturated heterocycles. The van der Waals surface area contributed by atoms with E-state index in [2.05, 4.69) is 15.5 Å². The second-order valence-electron chi connectivity index (χ2n) is 4.05. The number of H-pyrrole nitrogens is 1. The number of hydrogen-bond acceptors (Lipinski definition) is 3. The summed E-state index contributed by atoms with van der Waals surface area (Å²) in [6.07, 6.45) is 0.585. The molecule has 15 heavy (non-hydrogen) atoms. The number of nitrogens with zero attached hydrogens (tertiary/aromatic N) is 1. The second-order valence-corrected chi connectivity index (χ2v) is 4.05. The second kappa shape index (κ2) is 4.02. The summed E-state index contributed by atoms with van der Waals surface area (Å²) in [5, 5.41) is 9.51. The summed E-state index contributed by atoms with van der Waals surface area (Å²) in [6, 6.07) is 0. The van der Waals surface area contributed by atoms with Gasteiger partial charge in [0.1, 0.15) is 0 Å². The first kappa shape index (κ1) is 11.7. The Morgan fingerprint density at radius 1 is 1.60 bits per heavy atom. The Bertz CT molecular complexity index is 367. The molecule has 4 N–H and O–H groups in total. The number of hydrogen-bond donors (Lipinski definition) is 3. The van der Waals surface area contributed by atoms with E-state index in [0.717, 1.165) is 11.3 Å². The molecule has 1 rings (SSSR count). The van der Waals surface area contributed by atoms with Gasteiger partial charge < -0.3 is 11.1 Å². The van der Waals surface area contributed by atoms with Gasteiger partial charge in [-0.2, -0.15) is 5.10 Å². The highest BCUT2D eigenvalue weighted by molar-refractivity contribution is 5.97. The van der Waals surface area contributed by atoms with Crippen LogP contribution in [0.25, 0.3) is 0 Å². The lowest BCUT2D eigenvalue weighted by atomic mass is 9.99. The van der Waals surface area contributed by atoms with Crippen molar-refractivity contribution in [2.75, 3.05) is 5.32 Å². The summed E-state index contributed by atoms with van der Waals surface area (Å²) in [6.45, 7) is 7.38. The van der Waals surface area contributed by atoms with Gasteiger partial charge in [-0.3, -0.25) is 9.89 Å². The highest BCUT2D eigenvalue weighted by Gasteiger charge is 2.26. The normalized spacial score (nSPS) is 14.7. The third-order valence-electron chi connectivity index (χ3n) is 2.74. The van der Waals surface area contributed by atoms with Crippen LogP contribution < -0.4 is 11.1 Å². The van der Waals surface area contributed by atoms with Crippen molar-refractivity contribution in [1.82, 2.24) is 10.2 Å². The number of rotatable bonds is 3. The Labute approximate surface area is 89.4 Å². The van der Waals surface area contributed by atoms with E-state index in [4.69, 9.17) is 5.73 Å². The van der Waals surface area contributed by atoms with Crippen molar-refractivity contribution in [2.45, 2.75) is 39.7 Å². The molecule has 0 saturated carbocycles. The average molecular weight is 210 g/mol. The fourth-order valence-electron chi connectivity index (χ4n) is 1.02. The molecular weight excluding hydrogens is 192 g/mol. The van der Waals surface area contributed by atoms with E-state index in [9.17, 15) is 4.79 Å². The third-order valence-corrected chi connectivity index (χ3v) is 2.74. The van der Waals surface area contributed by atoms with Crippen molar-refractivity contribution >= 4 is 11.7 Å². The highest BCUT2D eigenvalue weighted by Crippen LogP contribution is 2.16. The Hall–Kier alpha value is -1.36. The molecule has 0 aromatic carbocycles. The van der Waals surface area contributed by atoms with Gasteiger partial charge in [0.25, 0.3) is 0 Å². The van der Waals surface area contributed by atoms with Gasteiger partial charge in [0.05, 0.1) is 5.54 Å². The molecule has 0 spiro atoms. The molecule has 0 aliphatic carbocycles. The molecule has 0 radical (unpaired) electrons. The van der Waals surface area contributed by atoms with Crippen molar-refractivity contribution < 1.29 is 4.79 Å². The van der Waals surface area contributed by atoms with Crippen LogP contribution >= 0.6 is 0 Å². The Kier molecular flexibility index (Phi) is 3.14. The predicted octanol–water partition coefficient (Wildman–Crippen LogP) is 1.09. The van der Waals surface area contributed by atoms with Crippen LogP contribution in [0.1, 0.15) is 31.5 Å². The molecule has 1 atom stereocenters. The molecule has 0 aliphatic heterocycles. The van der Waals surface area contributed by atoms with Crippen molar-refractivity contribution in [1.29, 1.82) is 0 Å². The molecule has 0 aliphatic rings. The maximum atomic E-state index is 11.7. The lowest BCUT2D eigenvalue weighted by Gasteiger charge is -2.20. The van der Waals surface area contributed by atoms with Crippen molar-refractivity contribution in [3.8, 4) is 0 Å². The van der Waals surface area contributed by atoms with Crippen LogP contribution in [0.3, 0.4) is 0 Å². The van der Waals surface area contributed by atoms with Gasteiger partial charge in [-0.25, -0.2) is 0 Å². The lowest BCUT2D eigenvalue weighted by Crippen LogP contribution is -2.47. The minimum atomic E-state index is -0.848. The van der Waals surface area contributed by atoms with E-state index in [1.165, 1.54) is 0 Å². The number of carbonyl (C=O) groups is 1. The van der Waals surface area contributed by atoms with Crippen LogP contribution in [0.2, 0.25) is 0 Å². The largest absolute Gasteiger partial charge is 0.318 e. The SMILES string of the molecule is CCC(C)(N)C(=O)Nc1n[nH]c(C)c1C. The fourth-order valence-corrected chi connectivity index (χ4v) is 1.02. The number of aromatic nitrogens is 2. The Balaban J connectivity index is 2.79. The first-order valence-electron chi connectivity index (χ1n) is 5.00. The predicted molar refractivity (Wildman–Crippen MR) is 59.6 cm³/mol. The molecule has 5 nitrogen and oxygen atoms in total. The maximum Gasteiger partial charge on any atom is 0.245 e. The molecule has 1 unspecified atom stereocenters. The molecule has 0 fully saturated rings. The van der Waals surface area contributed by atoms with Gasteiger partial charge in [0.2, 0.25) is 5.91 Å². The summed E-state index contributed by atoms with van der Waals surface area (Å²) in [4.78, 5) is 11.7. The number of aromatic amines is 1. The third kappa shape index (κ3) is 2.36. The zero-order valence-corrected chi connectivity index (χ0v) is 9.64. The van der Waals surface area contributed by atoms with Gasteiger partial charge in [-0.1, -0.05) is 6.92 Å². The van der Waals surface area contributed by atoms with Gasteiger partial charge >= 0.3 is 0 Å². The average Bonchev–Trinajstić information content (AvgIpc) is 2.49. The Morgan fingerprint density at radius 2 is 2.20 bits per heavy atom. The quantitative estimate of drug-likeness (QED) is 0.698. The number of nitrogens with one attached hydrogen (secondary N) is 2. The van der Waals surface area contributed by atoms with Gasteiger partial charge in [0.15, 0.2) is 5.82 Å². The molecule has 1 amide bonds. The minimum absolute atomic E-state index is 0.209. The monoisotopic (exact) mass is 210 g/mol. The van der Waals surface area contributed by atoms with Crippen LogP contribution in [0.4, 0.5) is 5.82 Å². The first-order valence-corrected chi connectivity index (χ1v) is 5.00. The molecule has 0 bridgehead atoms. The number of anilines is 1.